The Morgan fingerprint density at radius 3 is 2.76 bits per heavy atom. The first kappa shape index (κ1) is 32.1. The SMILES string of the molecule is CCOC(=O)C1=C(C)NC(=S)N[C@H]1c1ccccc1OCC(=O)NN=Cc1cc(Cl)c(OCc2ccc3c(c2)OCO3)c(Br)c1. The largest absolute Gasteiger partial charge is 0.486 e. The van der Waals surface area contributed by atoms with Crippen LogP contribution in [0, 0.1) is 0 Å². The number of thiocarbonyl (C=S) groups is 1. The number of nitrogens with one attached hydrogen (secondary N) is 3. The molecular weight excluding hydrogens is 688 g/mol. The molecule has 0 saturated carbocycles. The number of amides is 1. The number of hydrogen-bond acceptors (Lipinski definition) is 9. The molecule has 0 unspecified atom stereocenters. The van der Waals surface area contributed by atoms with Crippen molar-refractivity contribution < 1.29 is 33.3 Å². The highest BCUT2D eigenvalue weighted by Gasteiger charge is 2.32. The zero-order valence-electron chi connectivity index (χ0n) is 24.1. The molecule has 0 radical (unpaired) electrons. The number of benzene rings is 3. The van der Waals surface area contributed by atoms with Crippen molar-refractivity contribution in [3.05, 3.63) is 92.1 Å². The van der Waals surface area contributed by atoms with Gasteiger partial charge in [0.2, 0.25) is 6.79 Å². The summed E-state index contributed by atoms with van der Waals surface area (Å²) in [4.78, 5) is 25.3. The molecule has 0 aliphatic carbocycles. The molecule has 2 heterocycles. The van der Waals surface area contributed by atoms with Crippen LogP contribution in [-0.4, -0.2) is 43.2 Å². The van der Waals surface area contributed by atoms with Crippen molar-refractivity contribution in [1.29, 1.82) is 0 Å². The Bertz CT molecular complexity index is 1680. The van der Waals surface area contributed by atoms with Crippen LogP contribution >= 0.6 is 39.7 Å². The Hall–Kier alpha value is -4.33. The van der Waals surface area contributed by atoms with Crippen molar-refractivity contribution in [3.63, 3.8) is 0 Å². The highest BCUT2D eigenvalue weighted by Crippen LogP contribution is 2.37. The summed E-state index contributed by atoms with van der Waals surface area (Å²) >= 11 is 15.3. The number of hydrogen-bond donors (Lipinski definition) is 3. The molecule has 0 aromatic heterocycles. The summed E-state index contributed by atoms with van der Waals surface area (Å²) < 4.78 is 28.4. The molecule has 0 fully saturated rings. The van der Waals surface area contributed by atoms with E-state index in [9.17, 15) is 9.59 Å². The number of para-hydroxylation sites is 1. The van der Waals surface area contributed by atoms with Gasteiger partial charge in [-0.3, -0.25) is 4.79 Å². The third kappa shape index (κ3) is 7.85. The summed E-state index contributed by atoms with van der Waals surface area (Å²) in [5.41, 5.74) is 5.50. The second kappa shape index (κ2) is 14.6. The molecule has 3 aromatic carbocycles. The van der Waals surface area contributed by atoms with E-state index >= 15 is 0 Å². The molecule has 0 saturated heterocycles. The zero-order valence-corrected chi connectivity index (χ0v) is 27.3. The predicted octanol–water partition coefficient (Wildman–Crippen LogP) is 5.30. The molecular formula is C31H28BrClN4O7S. The molecule has 2 aliphatic heterocycles. The topological polar surface area (TPSA) is 129 Å². The van der Waals surface area contributed by atoms with Crippen molar-refractivity contribution in [2.45, 2.75) is 26.5 Å². The molecule has 5 rings (SSSR count). The lowest BCUT2D eigenvalue weighted by Crippen LogP contribution is -2.45. The summed E-state index contributed by atoms with van der Waals surface area (Å²) in [6, 6.07) is 15.4. The van der Waals surface area contributed by atoms with Gasteiger partial charge in [-0.2, -0.15) is 5.10 Å². The minimum Gasteiger partial charge on any atom is -0.486 e. The number of halogens is 2. The van der Waals surface area contributed by atoms with Gasteiger partial charge in [0, 0.05) is 11.3 Å². The van der Waals surface area contributed by atoms with Crippen LogP contribution in [0.1, 0.15) is 36.6 Å². The zero-order chi connectivity index (χ0) is 31.9. The standard InChI is InChI=1S/C31H28BrClN4O7S/c1-3-40-30(39)27-17(2)35-31(45)36-28(27)20-6-4-5-7-23(20)41-15-26(38)37-34-13-19-10-21(32)29(22(33)11-19)42-14-18-8-9-24-25(12-18)44-16-43-24/h4-13,28H,3,14-16H2,1-2H3,(H,37,38)(H2,35,36,45)/t28-/m0/s1. The normalized spacial score (nSPS) is 15.4. The molecule has 0 bridgehead atoms. The average Bonchev–Trinajstić information content (AvgIpc) is 3.47. The van der Waals surface area contributed by atoms with Crippen molar-refractivity contribution in [2.24, 2.45) is 5.10 Å². The maximum atomic E-state index is 12.7. The fourth-order valence-corrected chi connectivity index (χ4v) is 5.85. The van der Waals surface area contributed by atoms with Gasteiger partial charge in [-0.15, -0.1) is 0 Å². The number of carbonyl (C=O) groups is 2. The van der Waals surface area contributed by atoms with Crippen molar-refractivity contribution in [2.75, 3.05) is 20.0 Å². The third-order valence-electron chi connectivity index (χ3n) is 6.60. The van der Waals surface area contributed by atoms with E-state index < -0.39 is 17.9 Å². The van der Waals surface area contributed by atoms with Gasteiger partial charge < -0.3 is 34.3 Å². The minimum atomic E-state index is -0.637. The average molecular weight is 716 g/mol. The molecule has 1 amide bonds. The molecule has 11 nitrogen and oxygen atoms in total. The van der Waals surface area contributed by atoms with Crippen LogP contribution in [0.2, 0.25) is 5.02 Å². The van der Waals surface area contributed by atoms with Gasteiger partial charge in [0.1, 0.15) is 12.4 Å². The summed E-state index contributed by atoms with van der Waals surface area (Å²) in [6.45, 7) is 3.82. The van der Waals surface area contributed by atoms with E-state index in [1.54, 1.807) is 50.2 Å². The van der Waals surface area contributed by atoms with Crippen LogP contribution in [0.5, 0.6) is 23.0 Å². The smallest absolute Gasteiger partial charge is 0.338 e. The number of hydrazone groups is 1. The predicted molar refractivity (Wildman–Crippen MR) is 175 cm³/mol. The number of ether oxygens (including phenoxy) is 5. The summed E-state index contributed by atoms with van der Waals surface area (Å²) in [7, 11) is 0. The molecule has 1 atom stereocenters. The molecule has 234 valence electrons. The number of fused-ring (bicyclic) bond motifs is 1. The van der Waals surface area contributed by atoms with Gasteiger partial charge in [0.15, 0.2) is 29.0 Å². The highest BCUT2D eigenvalue weighted by molar-refractivity contribution is 9.10. The molecule has 2 aliphatic rings. The lowest BCUT2D eigenvalue weighted by Gasteiger charge is -2.30. The maximum absolute atomic E-state index is 12.7. The van der Waals surface area contributed by atoms with Crippen LogP contribution in [0.3, 0.4) is 0 Å². The van der Waals surface area contributed by atoms with Crippen LogP contribution < -0.4 is 35.0 Å². The first-order chi connectivity index (χ1) is 21.7. The Kier molecular flexibility index (Phi) is 10.4. The van der Waals surface area contributed by atoms with Crippen molar-refractivity contribution in [1.82, 2.24) is 16.1 Å². The van der Waals surface area contributed by atoms with Crippen LogP contribution in [0.15, 0.2) is 75.4 Å². The van der Waals surface area contributed by atoms with E-state index in [1.807, 2.05) is 18.2 Å². The fraction of sp³-hybridized carbons (Fsp3) is 0.226. The second-order valence-electron chi connectivity index (χ2n) is 9.70. The van der Waals surface area contributed by atoms with Gasteiger partial charge in [-0.05, 0) is 83.5 Å². The lowest BCUT2D eigenvalue weighted by molar-refractivity contribution is -0.139. The fourth-order valence-electron chi connectivity index (χ4n) is 4.59. The number of rotatable bonds is 11. The van der Waals surface area contributed by atoms with Gasteiger partial charge in [0.05, 0.1) is 33.9 Å². The quantitative estimate of drug-likeness (QED) is 0.104. The Balaban J connectivity index is 1.18. The van der Waals surface area contributed by atoms with Crippen LogP contribution in [0.25, 0.3) is 0 Å². The number of nitrogens with zero attached hydrogens (tertiary/aromatic N) is 1. The number of carbonyl (C=O) groups excluding carboxylic acids is 2. The van der Waals surface area contributed by atoms with E-state index in [-0.39, 0.29) is 26.6 Å². The molecule has 45 heavy (non-hydrogen) atoms. The van der Waals surface area contributed by atoms with Gasteiger partial charge in [0.25, 0.3) is 5.91 Å². The van der Waals surface area contributed by atoms with E-state index in [0.717, 1.165) is 5.56 Å². The van der Waals surface area contributed by atoms with Crippen LogP contribution in [0.4, 0.5) is 0 Å². The van der Waals surface area contributed by atoms with E-state index in [4.69, 9.17) is 47.5 Å². The van der Waals surface area contributed by atoms with E-state index in [2.05, 4.69) is 37.1 Å². The molecule has 0 spiro atoms. The third-order valence-corrected chi connectivity index (χ3v) is 7.69. The molecule has 3 aromatic rings. The lowest BCUT2D eigenvalue weighted by atomic mass is 9.95. The van der Waals surface area contributed by atoms with E-state index in [1.165, 1.54) is 6.21 Å². The number of allylic oxidation sites excluding steroid dienone is 1. The van der Waals surface area contributed by atoms with Crippen molar-refractivity contribution in [3.8, 4) is 23.0 Å². The Morgan fingerprint density at radius 1 is 1.16 bits per heavy atom. The Morgan fingerprint density at radius 2 is 1.96 bits per heavy atom. The minimum absolute atomic E-state index is 0.199. The summed E-state index contributed by atoms with van der Waals surface area (Å²) in [5, 5.41) is 10.8. The van der Waals surface area contributed by atoms with Gasteiger partial charge in [-0.25, -0.2) is 10.2 Å². The molecule has 3 N–H and O–H groups in total. The van der Waals surface area contributed by atoms with Gasteiger partial charge >= 0.3 is 5.97 Å². The highest BCUT2D eigenvalue weighted by atomic mass is 79.9. The van der Waals surface area contributed by atoms with Crippen molar-refractivity contribution >= 4 is 63.0 Å². The Labute approximate surface area is 278 Å². The second-order valence-corrected chi connectivity index (χ2v) is 11.4. The maximum Gasteiger partial charge on any atom is 0.338 e. The number of esters is 1. The van der Waals surface area contributed by atoms with E-state index in [0.29, 0.717) is 60.0 Å². The molecule has 14 heteroatoms. The first-order valence-electron chi connectivity index (χ1n) is 13.7. The monoisotopic (exact) mass is 714 g/mol. The van der Waals surface area contributed by atoms with Gasteiger partial charge in [-0.1, -0.05) is 35.9 Å². The summed E-state index contributed by atoms with van der Waals surface area (Å²) in [6.07, 6.45) is 1.45. The summed E-state index contributed by atoms with van der Waals surface area (Å²) in [5.74, 6) is 1.23. The first-order valence-corrected chi connectivity index (χ1v) is 15.3. The van der Waals surface area contributed by atoms with Crippen LogP contribution in [-0.2, 0) is 20.9 Å².